The van der Waals surface area contributed by atoms with E-state index < -0.39 is 12.0 Å². The van der Waals surface area contributed by atoms with Gasteiger partial charge in [0.15, 0.2) is 5.78 Å². The van der Waals surface area contributed by atoms with Crippen molar-refractivity contribution in [1.82, 2.24) is 5.32 Å². The fraction of sp³-hybridized carbons (Fsp3) is 0.250. The summed E-state index contributed by atoms with van der Waals surface area (Å²) in [5.74, 6) is -0.189. The Hall–Kier alpha value is -2.95. The van der Waals surface area contributed by atoms with Crippen LogP contribution in [0.25, 0.3) is 0 Å². The van der Waals surface area contributed by atoms with Gasteiger partial charge >= 0.3 is 6.09 Å². The van der Waals surface area contributed by atoms with Crippen molar-refractivity contribution in [2.24, 2.45) is 0 Å². The van der Waals surface area contributed by atoms with E-state index in [2.05, 4.69) is 5.32 Å². The van der Waals surface area contributed by atoms with Crippen LogP contribution in [-0.2, 0) is 0 Å². The van der Waals surface area contributed by atoms with E-state index in [9.17, 15) is 14.4 Å². The predicted octanol–water partition coefficient (Wildman–Crippen LogP) is 4.25. The molecule has 2 amide bonds. The number of Topliss-reactive ketones (excluding diaryl/α,β-unsaturated/α-hetero) is 1. The number of hydrogen-bond acceptors (Lipinski definition) is 4. The quantitative estimate of drug-likeness (QED) is 0.845. The largest absolute Gasteiger partial charge is 0.419 e. The molecule has 0 aliphatic carbocycles. The van der Waals surface area contributed by atoms with Gasteiger partial charge in [-0.3, -0.25) is 14.9 Å². The summed E-state index contributed by atoms with van der Waals surface area (Å²) in [6, 6.07) is 11.8. The topological polar surface area (TPSA) is 72.5 Å². The van der Waals surface area contributed by atoms with Crippen molar-refractivity contribution < 1.29 is 19.1 Å². The fourth-order valence-corrected chi connectivity index (χ4v) is 2.50. The third-order valence-corrected chi connectivity index (χ3v) is 3.81. The van der Waals surface area contributed by atoms with Gasteiger partial charge in [-0.2, -0.15) is 0 Å². The Kier molecular flexibility index (Phi) is 5.70. The summed E-state index contributed by atoms with van der Waals surface area (Å²) >= 11 is 0. The first kappa shape index (κ1) is 18.4. The van der Waals surface area contributed by atoms with Crippen molar-refractivity contribution in [3.05, 3.63) is 64.7 Å². The zero-order chi connectivity index (χ0) is 18.6. The van der Waals surface area contributed by atoms with E-state index in [0.717, 1.165) is 5.56 Å². The predicted molar refractivity (Wildman–Crippen MR) is 95.2 cm³/mol. The molecular formula is C20H21NO4. The van der Waals surface area contributed by atoms with Gasteiger partial charge in [0.1, 0.15) is 5.75 Å². The second-order valence-electron chi connectivity index (χ2n) is 6.13. The number of carbonyl (C=O) groups is 3. The van der Waals surface area contributed by atoms with Crippen LogP contribution in [0.5, 0.6) is 5.75 Å². The Morgan fingerprint density at radius 2 is 1.68 bits per heavy atom. The van der Waals surface area contributed by atoms with Gasteiger partial charge in [-0.1, -0.05) is 32.0 Å². The molecule has 0 saturated carbocycles. The first-order valence-electron chi connectivity index (χ1n) is 8.03. The van der Waals surface area contributed by atoms with Gasteiger partial charge < -0.3 is 4.74 Å². The average Bonchev–Trinajstić information content (AvgIpc) is 2.54. The van der Waals surface area contributed by atoms with Crippen molar-refractivity contribution >= 4 is 17.8 Å². The van der Waals surface area contributed by atoms with Gasteiger partial charge in [0.2, 0.25) is 0 Å². The van der Waals surface area contributed by atoms with Gasteiger partial charge in [0, 0.05) is 11.1 Å². The van der Waals surface area contributed by atoms with Crippen LogP contribution in [0.3, 0.4) is 0 Å². The fourth-order valence-electron chi connectivity index (χ4n) is 2.50. The summed E-state index contributed by atoms with van der Waals surface area (Å²) < 4.78 is 5.33. The number of benzene rings is 2. The van der Waals surface area contributed by atoms with Crippen LogP contribution < -0.4 is 10.1 Å². The maximum atomic E-state index is 12.1. The minimum absolute atomic E-state index is 0.0466. The number of amides is 2. The summed E-state index contributed by atoms with van der Waals surface area (Å²) in [4.78, 5) is 35.8. The molecule has 0 fully saturated rings. The minimum atomic E-state index is -0.856. The molecule has 0 saturated heterocycles. The van der Waals surface area contributed by atoms with Crippen molar-refractivity contribution in [3.63, 3.8) is 0 Å². The number of carbonyl (C=O) groups excluding carboxylic acids is 3. The Morgan fingerprint density at radius 3 is 2.24 bits per heavy atom. The molecule has 2 aromatic carbocycles. The molecule has 0 heterocycles. The van der Waals surface area contributed by atoms with Crippen molar-refractivity contribution in [1.29, 1.82) is 0 Å². The number of aryl methyl sites for hydroxylation is 1. The van der Waals surface area contributed by atoms with Gasteiger partial charge in [0.05, 0.1) is 0 Å². The highest BCUT2D eigenvalue weighted by Crippen LogP contribution is 2.30. The molecule has 0 atom stereocenters. The number of imide groups is 1. The van der Waals surface area contributed by atoms with E-state index in [4.69, 9.17) is 4.74 Å². The lowest BCUT2D eigenvalue weighted by molar-refractivity contribution is 0.0949. The van der Waals surface area contributed by atoms with E-state index in [-0.39, 0.29) is 11.7 Å². The second kappa shape index (κ2) is 7.75. The molecule has 2 rings (SSSR count). The zero-order valence-corrected chi connectivity index (χ0v) is 14.8. The van der Waals surface area contributed by atoms with E-state index in [1.807, 2.05) is 13.8 Å². The molecule has 1 N–H and O–H groups in total. The lowest BCUT2D eigenvalue weighted by Crippen LogP contribution is -2.33. The van der Waals surface area contributed by atoms with E-state index in [0.29, 0.717) is 22.4 Å². The van der Waals surface area contributed by atoms with Gasteiger partial charge in [-0.15, -0.1) is 0 Å². The smallest absolute Gasteiger partial charge is 0.410 e. The standard InChI is InChI=1S/C20H21NO4/c1-12(2)16-11-17(14(4)22)13(3)10-18(16)25-20(24)21-19(23)15-8-6-5-7-9-15/h5-12H,1-4H3,(H,21,23,24). The zero-order valence-electron chi connectivity index (χ0n) is 14.8. The molecule has 5 nitrogen and oxygen atoms in total. The van der Waals surface area contributed by atoms with E-state index in [1.165, 1.54) is 6.92 Å². The summed E-state index contributed by atoms with van der Waals surface area (Å²) in [5, 5.41) is 2.20. The van der Waals surface area contributed by atoms with Crippen molar-refractivity contribution in [3.8, 4) is 5.75 Å². The molecule has 2 aromatic rings. The van der Waals surface area contributed by atoms with Crippen LogP contribution in [0.4, 0.5) is 4.79 Å². The molecule has 130 valence electrons. The van der Waals surface area contributed by atoms with Crippen LogP contribution in [0.15, 0.2) is 42.5 Å². The molecule has 5 heteroatoms. The minimum Gasteiger partial charge on any atom is -0.410 e. The average molecular weight is 339 g/mol. The maximum absolute atomic E-state index is 12.1. The summed E-state index contributed by atoms with van der Waals surface area (Å²) in [7, 11) is 0. The van der Waals surface area contributed by atoms with Crippen LogP contribution >= 0.6 is 0 Å². The Labute approximate surface area is 147 Å². The first-order valence-corrected chi connectivity index (χ1v) is 8.03. The Morgan fingerprint density at radius 1 is 1.04 bits per heavy atom. The molecule has 0 aliphatic heterocycles. The van der Waals surface area contributed by atoms with Crippen LogP contribution in [-0.4, -0.2) is 17.8 Å². The number of rotatable bonds is 4. The first-order chi connectivity index (χ1) is 11.8. The third kappa shape index (κ3) is 4.53. The molecule has 0 bridgehead atoms. The van der Waals surface area contributed by atoms with Crippen molar-refractivity contribution in [2.75, 3.05) is 0 Å². The van der Waals surface area contributed by atoms with E-state index >= 15 is 0 Å². The van der Waals surface area contributed by atoms with Gasteiger partial charge in [-0.05, 0) is 55.2 Å². The molecule has 0 radical (unpaired) electrons. The Balaban J connectivity index is 2.21. The maximum Gasteiger partial charge on any atom is 0.419 e. The molecule has 0 spiro atoms. The van der Waals surface area contributed by atoms with Gasteiger partial charge in [0.25, 0.3) is 5.91 Å². The lowest BCUT2D eigenvalue weighted by atomic mass is 9.95. The SMILES string of the molecule is CC(=O)c1cc(C(C)C)c(OC(=O)NC(=O)c2ccccc2)cc1C. The second-order valence-corrected chi connectivity index (χ2v) is 6.13. The summed E-state index contributed by atoms with van der Waals surface area (Å²) in [5.41, 5.74) is 2.41. The normalized spacial score (nSPS) is 10.4. The van der Waals surface area contributed by atoms with Gasteiger partial charge in [-0.25, -0.2) is 4.79 Å². The number of hydrogen-bond donors (Lipinski definition) is 1. The van der Waals surface area contributed by atoms with Crippen molar-refractivity contribution in [2.45, 2.75) is 33.6 Å². The number of nitrogens with one attached hydrogen (secondary N) is 1. The number of ketones is 1. The van der Waals surface area contributed by atoms with Crippen LogP contribution in [0.1, 0.15) is 58.5 Å². The van der Waals surface area contributed by atoms with E-state index in [1.54, 1.807) is 49.4 Å². The lowest BCUT2D eigenvalue weighted by Gasteiger charge is -2.16. The highest BCUT2D eigenvalue weighted by Gasteiger charge is 2.18. The Bertz CT molecular complexity index is 810. The third-order valence-electron chi connectivity index (χ3n) is 3.81. The molecule has 0 aliphatic rings. The summed E-state index contributed by atoms with van der Waals surface area (Å²) in [6.45, 7) is 7.15. The molecule has 25 heavy (non-hydrogen) atoms. The molecular weight excluding hydrogens is 318 g/mol. The molecule has 0 unspecified atom stereocenters. The summed E-state index contributed by atoms with van der Waals surface area (Å²) in [6.07, 6.45) is -0.856. The highest BCUT2D eigenvalue weighted by atomic mass is 16.6. The number of ether oxygens (including phenoxy) is 1. The monoisotopic (exact) mass is 339 g/mol. The van der Waals surface area contributed by atoms with Crippen LogP contribution in [0.2, 0.25) is 0 Å². The molecule has 0 aromatic heterocycles. The van der Waals surface area contributed by atoms with Crippen LogP contribution in [0, 0.1) is 6.92 Å². The highest BCUT2D eigenvalue weighted by molar-refractivity contribution is 6.03.